The van der Waals surface area contributed by atoms with Crippen LogP contribution in [0.1, 0.15) is 106 Å². The van der Waals surface area contributed by atoms with Crippen molar-refractivity contribution in [2.24, 2.45) is 11.7 Å². The van der Waals surface area contributed by atoms with Crippen molar-refractivity contribution in [3.8, 4) is 0 Å². The SMILES string of the molecule is CCC(=O)C1CCCCC1.CCC(C)O.NC(=O)CCOC1CCCCC1.[HH]. The van der Waals surface area contributed by atoms with Gasteiger partial charge >= 0.3 is 0 Å². The average Bonchev–Trinajstić information content (AvgIpc) is 2.69. The monoisotopic (exact) mass is 387 g/mol. The molecule has 2 rings (SSSR count). The zero-order valence-electron chi connectivity index (χ0n) is 17.9. The van der Waals surface area contributed by atoms with Crippen LogP contribution in [0.3, 0.4) is 0 Å². The molecule has 0 heterocycles. The Morgan fingerprint density at radius 3 is 1.93 bits per heavy atom. The third kappa shape index (κ3) is 15.8. The minimum atomic E-state index is -0.272. The van der Waals surface area contributed by atoms with Crippen molar-refractivity contribution >= 4 is 11.7 Å². The number of aliphatic hydroxyl groups excluding tert-OH is 1. The number of Topliss-reactive ketones (excluding diaryl/α,β-unsaturated/α-hetero) is 1. The lowest BCUT2D eigenvalue weighted by atomic mass is 9.85. The van der Waals surface area contributed by atoms with Gasteiger partial charge in [0, 0.05) is 20.2 Å². The van der Waals surface area contributed by atoms with E-state index in [0.29, 0.717) is 30.8 Å². The maximum atomic E-state index is 11.2. The number of carbonyl (C=O) groups excluding carboxylic acids is 2. The first-order valence-corrected chi connectivity index (χ1v) is 11.0. The molecule has 2 aliphatic carbocycles. The van der Waals surface area contributed by atoms with Crippen LogP contribution in [0.2, 0.25) is 0 Å². The molecule has 2 aliphatic rings. The van der Waals surface area contributed by atoms with Crippen molar-refractivity contribution < 1.29 is 20.9 Å². The van der Waals surface area contributed by atoms with Crippen LogP contribution < -0.4 is 5.73 Å². The first-order valence-electron chi connectivity index (χ1n) is 11.0. The standard InChI is InChI=1S/C9H17NO2.C9H16O.C4H10O.H2/c10-9(11)6-7-12-8-4-2-1-3-5-8;1-2-9(10)8-6-4-3-5-7-8;1-3-4(2)5;/h8H,1-7H2,(H2,10,11);8H,2-7H2,1H3;4-5H,3H2,1-2H3;1H. The van der Waals surface area contributed by atoms with Gasteiger partial charge in [-0.05, 0) is 39.0 Å². The second-order valence-corrected chi connectivity index (χ2v) is 7.76. The Morgan fingerprint density at radius 2 is 1.52 bits per heavy atom. The maximum Gasteiger partial charge on any atom is 0.219 e. The van der Waals surface area contributed by atoms with Crippen LogP contribution in [-0.4, -0.2) is 35.6 Å². The van der Waals surface area contributed by atoms with Crippen LogP contribution in [0.25, 0.3) is 0 Å². The fourth-order valence-electron chi connectivity index (χ4n) is 3.27. The van der Waals surface area contributed by atoms with Gasteiger partial charge in [-0.2, -0.15) is 0 Å². The number of ketones is 1. The van der Waals surface area contributed by atoms with Crippen molar-refractivity contribution in [2.75, 3.05) is 6.61 Å². The molecule has 1 unspecified atom stereocenters. The van der Waals surface area contributed by atoms with E-state index in [2.05, 4.69) is 0 Å². The molecular weight excluding hydrogens is 342 g/mol. The van der Waals surface area contributed by atoms with Gasteiger partial charge in [-0.25, -0.2) is 0 Å². The fourth-order valence-corrected chi connectivity index (χ4v) is 3.27. The summed E-state index contributed by atoms with van der Waals surface area (Å²) in [5.41, 5.74) is 4.99. The van der Waals surface area contributed by atoms with Crippen LogP contribution >= 0.6 is 0 Å². The molecule has 2 fully saturated rings. The van der Waals surface area contributed by atoms with E-state index < -0.39 is 0 Å². The van der Waals surface area contributed by atoms with Crippen LogP contribution in [0.15, 0.2) is 0 Å². The zero-order chi connectivity index (χ0) is 20.5. The van der Waals surface area contributed by atoms with E-state index in [9.17, 15) is 9.59 Å². The average molecular weight is 388 g/mol. The maximum absolute atomic E-state index is 11.2. The number of nitrogens with two attached hydrogens (primary N) is 1. The molecule has 0 aliphatic heterocycles. The van der Waals surface area contributed by atoms with Crippen molar-refractivity contribution in [3.05, 3.63) is 0 Å². The lowest BCUT2D eigenvalue weighted by Gasteiger charge is -2.21. The molecule has 0 aromatic rings. The summed E-state index contributed by atoms with van der Waals surface area (Å²) in [6.45, 7) is 6.20. The largest absolute Gasteiger partial charge is 0.393 e. The summed E-state index contributed by atoms with van der Waals surface area (Å²) >= 11 is 0. The van der Waals surface area contributed by atoms with Crippen molar-refractivity contribution in [1.29, 1.82) is 0 Å². The van der Waals surface area contributed by atoms with Crippen LogP contribution in [0, 0.1) is 5.92 Å². The topological polar surface area (TPSA) is 89.6 Å². The smallest absolute Gasteiger partial charge is 0.219 e. The summed E-state index contributed by atoms with van der Waals surface area (Å²) in [4.78, 5) is 21.6. The van der Waals surface area contributed by atoms with E-state index in [4.69, 9.17) is 15.6 Å². The number of rotatable bonds is 7. The molecule has 27 heavy (non-hydrogen) atoms. The Bertz CT molecular complexity index is 379. The van der Waals surface area contributed by atoms with Crippen LogP contribution in [0.4, 0.5) is 0 Å². The molecule has 0 bridgehead atoms. The minimum Gasteiger partial charge on any atom is -0.393 e. The van der Waals surface area contributed by atoms with E-state index in [0.717, 1.165) is 38.5 Å². The van der Waals surface area contributed by atoms with Crippen molar-refractivity contribution in [1.82, 2.24) is 0 Å². The van der Waals surface area contributed by atoms with Gasteiger partial charge in [0.2, 0.25) is 5.91 Å². The summed E-state index contributed by atoms with van der Waals surface area (Å²) in [5, 5.41) is 8.36. The molecule has 5 nitrogen and oxygen atoms in total. The number of hydrogen-bond donors (Lipinski definition) is 2. The Balaban J connectivity index is 0. The van der Waals surface area contributed by atoms with E-state index in [1.54, 1.807) is 6.92 Å². The highest BCUT2D eigenvalue weighted by atomic mass is 16.5. The number of amides is 1. The summed E-state index contributed by atoms with van der Waals surface area (Å²) < 4.78 is 5.49. The van der Waals surface area contributed by atoms with Gasteiger partial charge in [-0.3, -0.25) is 9.59 Å². The predicted molar refractivity (Wildman–Crippen MR) is 113 cm³/mol. The summed E-state index contributed by atoms with van der Waals surface area (Å²) in [7, 11) is 0. The Kier molecular flexibility index (Phi) is 16.6. The predicted octanol–water partition coefficient (Wildman–Crippen LogP) is 4.78. The highest BCUT2D eigenvalue weighted by Gasteiger charge is 2.18. The van der Waals surface area contributed by atoms with Gasteiger partial charge < -0.3 is 15.6 Å². The second kappa shape index (κ2) is 17.2. The number of aliphatic hydroxyl groups is 1. The third-order valence-electron chi connectivity index (χ3n) is 5.25. The third-order valence-corrected chi connectivity index (χ3v) is 5.25. The normalized spacial score (nSPS) is 19.1. The number of primary amides is 1. The molecule has 5 heteroatoms. The highest BCUT2D eigenvalue weighted by Crippen LogP contribution is 2.24. The molecule has 1 amide bonds. The zero-order valence-corrected chi connectivity index (χ0v) is 17.9. The quantitative estimate of drug-likeness (QED) is 0.658. The summed E-state index contributed by atoms with van der Waals surface area (Å²) in [5.74, 6) is 0.643. The number of ether oxygens (including phenoxy) is 1. The Labute approximate surface area is 167 Å². The Morgan fingerprint density at radius 1 is 1.04 bits per heavy atom. The lowest BCUT2D eigenvalue weighted by Crippen LogP contribution is -2.20. The van der Waals surface area contributed by atoms with Gasteiger partial charge in [0.25, 0.3) is 0 Å². The molecule has 0 aromatic carbocycles. The van der Waals surface area contributed by atoms with Gasteiger partial charge in [0.05, 0.1) is 18.8 Å². The van der Waals surface area contributed by atoms with E-state index >= 15 is 0 Å². The van der Waals surface area contributed by atoms with E-state index in [1.807, 2.05) is 13.8 Å². The highest BCUT2D eigenvalue weighted by molar-refractivity contribution is 5.80. The van der Waals surface area contributed by atoms with Gasteiger partial charge in [0.15, 0.2) is 0 Å². The minimum absolute atomic E-state index is 0. The molecule has 0 spiro atoms. The van der Waals surface area contributed by atoms with E-state index in [-0.39, 0.29) is 13.4 Å². The van der Waals surface area contributed by atoms with Crippen LogP contribution in [0.5, 0.6) is 0 Å². The van der Waals surface area contributed by atoms with Crippen molar-refractivity contribution in [2.45, 2.75) is 116 Å². The fraction of sp³-hybridized carbons (Fsp3) is 0.909. The molecule has 0 aromatic heterocycles. The first kappa shape index (κ1) is 26.1. The van der Waals surface area contributed by atoms with Gasteiger partial charge in [0.1, 0.15) is 5.78 Å². The van der Waals surface area contributed by atoms with Crippen LogP contribution in [-0.2, 0) is 14.3 Å². The molecule has 0 radical (unpaired) electrons. The molecular formula is C22H45NO4. The van der Waals surface area contributed by atoms with E-state index in [1.165, 1.54) is 38.5 Å². The summed E-state index contributed by atoms with van der Waals surface area (Å²) in [6, 6.07) is 0. The lowest BCUT2D eigenvalue weighted by molar-refractivity contribution is -0.123. The summed E-state index contributed by atoms with van der Waals surface area (Å²) in [6.07, 6.45) is 14.6. The molecule has 1 atom stereocenters. The second-order valence-electron chi connectivity index (χ2n) is 7.76. The molecule has 162 valence electrons. The molecule has 2 saturated carbocycles. The van der Waals surface area contributed by atoms with Gasteiger partial charge in [-0.1, -0.05) is 52.4 Å². The first-order chi connectivity index (χ1) is 12.9. The Hall–Kier alpha value is -0.940. The van der Waals surface area contributed by atoms with Crippen molar-refractivity contribution in [3.63, 3.8) is 0 Å². The molecule has 3 N–H and O–H groups in total. The molecule has 0 saturated heterocycles. The van der Waals surface area contributed by atoms with Gasteiger partial charge in [-0.15, -0.1) is 0 Å². The number of carbonyl (C=O) groups is 2. The number of hydrogen-bond acceptors (Lipinski definition) is 4.